The van der Waals surface area contributed by atoms with Crippen molar-refractivity contribution >= 4 is 11.3 Å². The van der Waals surface area contributed by atoms with E-state index in [9.17, 15) is 0 Å². The summed E-state index contributed by atoms with van der Waals surface area (Å²) in [6, 6.07) is 2.99. The molecule has 0 spiro atoms. The molecule has 0 aliphatic rings. The molecule has 1 atom stereocenters. The second-order valence-corrected chi connectivity index (χ2v) is 5.95. The van der Waals surface area contributed by atoms with Gasteiger partial charge in [-0.1, -0.05) is 39.5 Å². The Balaban J connectivity index is 2.21. The highest BCUT2D eigenvalue weighted by Crippen LogP contribution is 2.13. The Morgan fingerprint density at radius 1 is 1.11 bits per heavy atom. The summed E-state index contributed by atoms with van der Waals surface area (Å²) in [6.07, 6.45) is 10.6. The van der Waals surface area contributed by atoms with Gasteiger partial charge in [0.25, 0.3) is 0 Å². The molecule has 1 nitrogen and oxygen atoms in total. The fraction of sp³-hybridized carbons (Fsp3) is 0.750. The van der Waals surface area contributed by atoms with Crippen molar-refractivity contribution in [2.75, 3.05) is 6.54 Å². The van der Waals surface area contributed by atoms with Crippen molar-refractivity contribution in [3.8, 4) is 0 Å². The molecule has 1 rings (SSSR count). The van der Waals surface area contributed by atoms with Gasteiger partial charge in [-0.3, -0.25) is 0 Å². The molecule has 0 saturated heterocycles. The third kappa shape index (κ3) is 7.17. The van der Waals surface area contributed by atoms with E-state index in [0.717, 1.165) is 6.04 Å². The topological polar surface area (TPSA) is 12.0 Å². The summed E-state index contributed by atoms with van der Waals surface area (Å²) in [6.45, 7) is 5.70. The molecule has 0 saturated carbocycles. The van der Waals surface area contributed by atoms with Gasteiger partial charge in [0.05, 0.1) is 0 Å². The van der Waals surface area contributed by atoms with Gasteiger partial charge in [-0.25, -0.2) is 0 Å². The van der Waals surface area contributed by atoms with Gasteiger partial charge in [0.15, 0.2) is 0 Å². The number of nitrogens with one attached hydrogen (secondary N) is 1. The van der Waals surface area contributed by atoms with Crippen LogP contribution in [0, 0.1) is 0 Å². The highest BCUT2D eigenvalue weighted by molar-refractivity contribution is 7.07. The van der Waals surface area contributed by atoms with Gasteiger partial charge < -0.3 is 5.32 Å². The first-order valence-electron chi connectivity index (χ1n) is 7.61. The summed E-state index contributed by atoms with van der Waals surface area (Å²) in [5, 5.41) is 8.18. The average Bonchev–Trinajstić information content (AvgIpc) is 2.90. The maximum atomic E-state index is 3.71. The third-order valence-corrected chi connectivity index (χ3v) is 4.18. The highest BCUT2D eigenvalue weighted by Gasteiger charge is 2.07. The van der Waals surface area contributed by atoms with Crippen LogP contribution in [0.25, 0.3) is 0 Å². The molecule has 1 N–H and O–H groups in total. The van der Waals surface area contributed by atoms with Crippen LogP contribution < -0.4 is 5.32 Å². The molecule has 1 aromatic heterocycles. The summed E-state index contributed by atoms with van der Waals surface area (Å²) in [5.74, 6) is 0. The van der Waals surface area contributed by atoms with E-state index in [1.54, 1.807) is 0 Å². The lowest BCUT2D eigenvalue weighted by Crippen LogP contribution is -2.30. The van der Waals surface area contributed by atoms with Gasteiger partial charge >= 0.3 is 0 Å². The number of aryl methyl sites for hydroxylation is 1. The van der Waals surface area contributed by atoms with Crippen LogP contribution in [0.3, 0.4) is 0 Å². The van der Waals surface area contributed by atoms with E-state index in [-0.39, 0.29) is 0 Å². The van der Waals surface area contributed by atoms with Crippen molar-refractivity contribution in [2.24, 2.45) is 0 Å². The van der Waals surface area contributed by atoms with E-state index in [0.29, 0.717) is 0 Å². The maximum absolute atomic E-state index is 3.71. The van der Waals surface area contributed by atoms with Crippen LogP contribution in [0.1, 0.15) is 64.4 Å². The van der Waals surface area contributed by atoms with Crippen LogP contribution in [-0.2, 0) is 6.42 Å². The summed E-state index contributed by atoms with van der Waals surface area (Å²) in [5.41, 5.74) is 1.51. The predicted octanol–water partition coefficient (Wildman–Crippen LogP) is 5.02. The molecule has 0 bridgehead atoms. The quantitative estimate of drug-likeness (QED) is 0.555. The molecule has 1 aromatic rings. The minimum Gasteiger partial charge on any atom is -0.314 e. The SMILES string of the molecule is CCCCCCC(CCc1ccsc1)NCCC. The number of thiophene rings is 1. The Morgan fingerprint density at radius 3 is 2.67 bits per heavy atom. The van der Waals surface area contributed by atoms with Crippen LogP contribution in [0.15, 0.2) is 16.8 Å². The highest BCUT2D eigenvalue weighted by atomic mass is 32.1. The van der Waals surface area contributed by atoms with Gasteiger partial charge in [0.2, 0.25) is 0 Å². The summed E-state index contributed by atoms with van der Waals surface area (Å²) >= 11 is 1.81. The molecule has 0 radical (unpaired) electrons. The first-order chi connectivity index (χ1) is 8.86. The number of unbranched alkanes of at least 4 members (excludes halogenated alkanes) is 3. The van der Waals surface area contributed by atoms with Crippen LogP contribution >= 0.6 is 11.3 Å². The number of hydrogen-bond donors (Lipinski definition) is 1. The molecule has 0 fully saturated rings. The van der Waals surface area contributed by atoms with E-state index in [1.165, 1.54) is 63.5 Å². The Labute approximate surface area is 117 Å². The molecular weight excluding hydrogens is 238 g/mol. The van der Waals surface area contributed by atoms with E-state index >= 15 is 0 Å². The average molecular weight is 267 g/mol. The van der Waals surface area contributed by atoms with Crippen LogP contribution in [0.5, 0.6) is 0 Å². The monoisotopic (exact) mass is 267 g/mol. The Kier molecular flexibility index (Phi) is 9.23. The van der Waals surface area contributed by atoms with Crippen LogP contribution in [0.2, 0.25) is 0 Å². The van der Waals surface area contributed by atoms with Gasteiger partial charge in [0.1, 0.15) is 0 Å². The van der Waals surface area contributed by atoms with Crippen molar-refractivity contribution in [2.45, 2.75) is 71.3 Å². The summed E-state index contributed by atoms with van der Waals surface area (Å²) in [7, 11) is 0. The molecule has 0 amide bonds. The fourth-order valence-electron chi connectivity index (χ4n) is 2.29. The minimum atomic E-state index is 0.724. The fourth-order valence-corrected chi connectivity index (χ4v) is 2.99. The van der Waals surface area contributed by atoms with Crippen LogP contribution in [0.4, 0.5) is 0 Å². The Morgan fingerprint density at radius 2 is 2.00 bits per heavy atom. The molecule has 1 unspecified atom stereocenters. The van der Waals surface area contributed by atoms with E-state index in [4.69, 9.17) is 0 Å². The molecule has 18 heavy (non-hydrogen) atoms. The molecule has 0 aliphatic heterocycles. The minimum absolute atomic E-state index is 0.724. The Hall–Kier alpha value is -0.340. The maximum Gasteiger partial charge on any atom is 0.00702 e. The first kappa shape index (κ1) is 15.7. The molecule has 1 heterocycles. The normalized spacial score (nSPS) is 12.8. The lowest BCUT2D eigenvalue weighted by Gasteiger charge is -2.18. The van der Waals surface area contributed by atoms with Gasteiger partial charge in [-0.2, -0.15) is 11.3 Å². The zero-order valence-corrected chi connectivity index (χ0v) is 12.9. The zero-order chi connectivity index (χ0) is 13.1. The summed E-state index contributed by atoms with van der Waals surface area (Å²) < 4.78 is 0. The zero-order valence-electron chi connectivity index (χ0n) is 12.1. The molecule has 104 valence electrons. The van der Waals surface area contributed by atoms with Gasteiger partial charge in [0, 0.05) is 6.04 Å². The smallest absolute Gasteiger partial charge is 0.00702 e. The van der Waals surface area contributed by atoms with Crippen molar-refractivity contribution < 1.29 is 0 Å². The largest absolute Gasteiger partial charge is 0.314 e. The molecular formula is C16H29NS. The van der Waals surface area contributed by atoms with E-state index in [1.807, 2.05) is 11.3 Å². The Bertz CT molecular complexity index is 269. The number of rotatable bonds is 11. The van der Waals surface area contributed by atoms with Gasteiger partial charge in [-0.05, 0) is 54.6 Å². The third-order valence-electron chi connectivity index (χ3n) is 3.45. The summed E-state index contributed by atoms with van der Waals surface area (Å²) in [4.78, 5) is 0. The second-order valence-electron chi connectivity index (χ2n) is 5.17. The lowest BCUT2D eigenvalue weighted by molar-refractivity contribution is 0.432. The van der Waals surface area contributed by atoms with E-state index < -0.39 is 0 Å². The lowest BCUT2D eigenvalue weighted by atomic mass is 10.0. The molecule has 2 heteroatoms. The van der Waals surface area contributed by atoms with Gasteiger partial charge in [-0.15, -0.1) is 0 Å². The molecule has 0 aliphatic carbocycles. The van der Waals surface area contributed by atoms with Crippen molar-refractivity contribution in [3.05, 3.63) is 22.4 Å². The van der Waals surface area contributed by atoms with E-state index in [2.05, 4.69) is 36.0 Å². The first-order valence-corrected chi connectivity index (χ1v) is 8.55. The molecule has 0 aromatic carbocycles. The van der Waals surface area contributed by atoms with Crippen molar-refractivity contribution in [1.82, 2.24) is 5.32 Å². The van der Waals surface area contributed by atoms with Crippen molar-refractivity contribution in [1.29, 1.82) is 0 Å². The van der Waals surface area contributed by atoms with Crippen molar-refractivity contribution in [3.63, 3.8) is 0 Å². The van der Waals surface area contributed by atoms with Crippen LogP contribution in [-0.4, -0.2) is 12.6 Å². The predicted molar refractivity (Wildman–Crippen MR) is 83.5 cm³/mol. The number of hydrogen-bond acceptors (Lipinski definition) is 2. The second kappa shape index (κ2) is 10.6. The standard InChI is InChI=1S/C16H29NS/c1-3-5-6-7-8-16(17-12-4-2)10-9-15-11-13-18-14-15/h11,13-14,16-17H,3-10,12H2,1-2H3.